The van der Waals surface area contributed by atoms with Crippen LogP contribution in [-0.4, -0.2) is 17.4 Å². The first-order chi connectivity index (χ1) is 9.15. The number of carbonyl (C=O) groups is 1. The molecule has 0 radical (unpaired) electrons. The summed E-state index contributed by atoms with van der Waals surface area (Å²) < 4.78 is 0. The summed E-state index contributed by atoms with van der Waals surface area (Å²) in [5.41, 5.74) is 6.78. The highest BCUT2D eigenvalue weighted by molar-refractivity contribution is 6.07. The summed E-state index contributed by atoms with van der Waals surface area (Å²) in [5, 5.41) is 0. The molecule has 0 fully saturated rings. The Morgan fingerprint density at radius 1 is 1.32 bits per heavy atom. The molecule has 0 saturated carbocycles. The number of hydrogen-bond donors (Lipinski definition) is 2. The van der Waals surface area contributed by atoms with E-state index in [4.69, 9.17) is 5.73 Å². The van der Waals surface area contributed by atoms with Gasteiger partial charge in [0.05, 0.1) is 11.4 Å². The fourth-order valence-electron chi connectivity index (χ4n) is 1.89. The van der Waals surface area contributed by atoms with E-state index >= 15 is 0 Å². The highest BCUT2D eigenvalue weighted by Crippen LogP contribution is 2.23. The average molecular weight is 257 g/mol. The molecule has 5 heteroatoms. The zero-order valence-electron chi connectivity index (χ0n) is 10.6. The van der Waals surface area contributed by atoms with Crippen molar-refractivity contribution in [3.63, 3.8) is 0 Å². The van der Waals surface area contributed by atoms with E-state index in [1.165, 1.54) is 23.4 Å². The number of amides is 1. The summed E-state index contributed by atoms with van der Waals surface area (Å²) in [6, 6.07) is 8.41. The van der Waals surface area contributed by atoms with E-state index in [0.29, 0.717) is 17.9 Å². The van der Waals surface area contributed by atoms with E-state index in [0.717, 1.165) is 0 Å². The number of aromatic nitrogens is 1. The Morgan fingerprint density at radius 2 is 2.05 bits per heavy atom. The number of pyridine rings is 1. The van der Waals surface area contributed by atoms with Crippen molar-refractivity contribution in [3.05, 3.63) is 58.5 Å². The number of H-pyrrole nitrogens is 1. The van der Waals surface area contributed by atoms with Crippen LogP contribution in [0.5, 0.6) is 0 Å². The Kier molecular flexibility index (Phi) is 3.66. The maximum Gasteiger partial charge on any atom is 0.263 e. The minimum atomic E-state index is -0.359. The predicted molar refractivity (Wildman–Crippen MR) is 75.3 cm³/mol. The van der Waals surface area contributed by atoms with Crippen LogP contribution in [0.25, 0.3) is 0 Å². The standard InChI is InChI=1S/C14H15N3O2/c1-2-17(12-6-4-3-5-11(12)15)14(19)10-9-16-8-7-13(10)18/h3-9H,2,15H2,1H3,(H,16,18). The molecular weight excluding hydrogens is 242 g/mol. The van der Waals surface area contributed by atoms with E-state index in [1.54, 1.807) is 24.3 Å². The monoisotopic (exact) mass is 257 g/mol. The fourth-order valence-corrected chi connectivity index (χ4v) is 1.89. The van der Waals surface area contributed by atoms with Gasteiger partial charge in [-0.2, -0.15) is 0 Å². The van der Waals surface area contributed by atoms with Crippen LogP contribution in [0.1, 0.15) is 17.3 Å². The van der Waals surface area contributed by atoms with Crippen molar-refractivity contribution in [1.29, 1.82) is 0 Å². The number of benzene rings is 1. The Hall–Kier alpha value is -2.56. The van der Waals surface area contributed by atoms with Gasteiger partial charge in [-0.15, -0.1) is 0 Å². The normalized spacial score (nSPS) is 10.2. The molecule has 1 aromatic carbocycles. The lowest BCUT2D eigenvalue weighted by Gasteiger charge is -2.22. The highest BCUT2D eigenvalue weighted by atomic mass is 16.2. The summed E-state index contributed by atoms with van der Waals surface area (Å²) >= 11 is 0. The molecule has 2 aromatic rings. The first kappa shape index (κ1) is 12.9. The Labute approximate surface area is 110 Å². The number of hydrogen-bond acceptors (Lipinski definition) is 3. The quantitative estimate of drug-likeness (QED) is 0.820. The van der Waals surface area contributed by atoms with Crippen LogP contribution in [-0.2, 0) is 0 Å². The third kappa shape index (κ3) is 2.49. The third-order valence-electron chi connectivity index (χ3n) is 2.84. The lowest BCUT2D eigenvalue weighted by atomic mass is 10.2. The number of nitrogens with two attached hydrogens (primary N) is 1. The van der Waals surface area contributed by atoms with Gasteiger partial charge < -0.3 is 15.6 Å². The zero-order chi connectivity index (χ0) is 13.8. The lowest BCUT2D eigenvalue weighted by Crippen LogP contribution is -2.34. The summed E-state index contributed by atoms with van der Waals surface area (Å²) in [6.07, 6.45) is 2.90. The van der Waals surface area contributed by atoms with Gasteiger partial charge in [-0.1, -0.05) is 12.1 Å². The van der Waals surface area contributed by atoms with Crippen molar-refractivity contribution in [2.45, 2.75) is 6.92 Å². The number of aromatic amines is 1. The van der Waals surface area contributed by atoms with Gasteiger partial charge in [0.2, 0.25) is 0 Å². The van der Waals surface area contributed by atoms with Crippen molar-refractivity contribution in [1.82, 2.24) is 4.98 Å². The van der Waals surface area contributed by atoms with E-state index < -0.39 is 0 Å². The Bertz CT molecular complexity index is 649. The molecule has 5 nitrogen and oxygen atoms in total. The van der Waals surface area contributed by atoms with Crippen molar-refractivity contribution in [2.24, 2.45) is 0 Å². The van der Waals surface area contributed by atoms with Crippen molar-refractivity contribution >= 4 is 17.3 Å². The first-order valence-electron chi connectivity index (χ1n) is 5.98. The summed E-state index contributed by atoms with van der Waals surface area (Å²) in [7, 11) is 0. The lowest BCUT2D eigenvalue weighted by molar-refractivity contribution is 0.0987. The number of para-hydroxylation sites is 2. The largest absolute Gasteiger partial charge is 0.397 e. The molecule has 1 heterocycles. The van der Waals surface area contributed by atoms with Crippen molar-refractivity contribution in [2.75, 3.05) is 17.2 Å². The smallest absolute Gasteiger partial charge is 0.263 e. The molecule has 3 N–H and O–H groups in total. The van der Waals surface area contributed by atoms with Crippen LogP contribution in [0.2, 0.25) is 0 Å². The maximum atomic E-state index is 12.4. The molecule has 0 aliphatic rings. The molecule has 0 atom stereocenters. The van der Waals surface area contributed by atoms with Crippen LogP contribution < -0.4 is 16.1 Å². The highest BCUT2D eigenvalue weighted by Gasteiger charge is 2.19. The molecule has 19 heavy (non-hydrogen) atoms. The Morgan fingerprint density at radius 3 is 2.68 bits per heavy atom. The van der Waals surface area contributed by atoms with Gasteiger partial charge in [-0.05, 0) is 19.1 Å². The van der Waals surface area contributed by atoms with Crippen molar-refractivity contribution < 1.29 is 4.79 Å². The predicted octanol–water partition coefficient (Wildman–Crippen LogP) is 1.62. The van der Waals surface area contributed by atoms with E-state index in [-0.39, 0.29) is 16.9 Å². The third-order valence-corrected chi connectivity index (χ3v) is 2.84. The topological polar surface area (TPSA) is 79.2 Å². The van der Waals surface area contributed by atoms with Gasteiger partial charge in [0.15, 0.2) is 5.43 Å². The summed E-state index contributed by atoms with van der Waals surface area (Å²) in [4.78, 5) is 28.3. The molecule has 0 unspecified atom stereocenters. The molecule has 1 amide bonds. The average Bonchev–Trinajstić information content (AvgIpc) is 2.42. The molecule has 0 bridgehead atoms. The zero-order valence-corrected chi connectivity index (χ0v) is 10.6. The summed E-state index contributed by atoms with van der Waals surface area (Å²) in [5.74, 6) is -0.359. The molecule has 98 valence electrons. The van der Waals surface area contributed by atoms with Gasteiger partial charge in [-0.3, -0.25) is 9.59 Å². The van der Waals surface area contributed by atoms with Crippen LogP contribution in [0, 0.1) is 0 Å². The second-order valence-corrected chi connectivity index (χ2v) is 4.03. The van der Waals surface area contributed by atoms with Crippen LogP contribution >= 0.6 is 0 Å². The molecule has 0 aliphatic heterocycles. The second-order valence-electron chi connectivity index (χ2n) is 4.03. The van der Waals surface area contributed by atoms with Crippen molar-refractivity contribution in [3.8, 4) is 0 Å². The molecule has 0 spiro atoms. The number of nitrogen functional groups attached to an aromatic ring is 1. The molecule has 2 rings (SSSR count). The van der Waals surface area contributed by atoms with E-state index in [1.807, 2.05) is 6.92 Å². The minimum absolute atomic E-state index is 0.104. The second kappa shape index (κ2) is 5.39. The number of carbonyl (C=O) groups excluding carboxylic acids is 1. The first-order valence-corrected chi connectivity index (χ1v) is 5.98. The van der Waals surface area contributed by atoms with Crippen LogP contribution in [0.4, 0.5) is 11.4 Å². The molecule has 0 aliphatic carbocycles. The maximum absolute atomic E-state index is 12.4. The number of nitrogens with zero attached hydrogens (tertiary/aromatic N) is 1. The van der Waals surface area contributed by atoms with Gasteiger partial charge >= 0.3 is 0 Å². The SMILES string of the molecule is CCN(C(=O)c1c[nH]ccc1=O)c1ccccc1N. The van der Waals surface area contributed by atoms with E-state index in [2.05, 4.69) is 4.98 Å². The minimum Gasteiger partial charge on any atom is -0.397 e. The number of rotatable bonds is 3. The van der Waals surface area contributed by atoms with E-state index in [9.17, 15) is 9.59 Å². The molecule has 0 saturated heterocycles. The van der Waals surface area contributed by atoms with Gasteiger partial charge in [-0.25, -0.2) is 0 Å². The van der Waals surface area contributed by atoms with Crippen LogP contribution in [0.15, 0.2) is 47.5 Å². The summed E-state index contributed by atoms with van der Waals surface area (Å²) in [6.45, 7) is 2.27. The van der Waals surface area contributed by atoms with Gasteiger partial charge in [0.1, 0.15) is 5.56 Å². The molecular formula is C14H15N3O2. The number of anilines is 2. The molecule has 1 aromatic heterocycles. The van der Waals surface area contributed by atoms with Crippen LogP contribution in [0.3, 0.4) is 0 Å². The number of nitrogens with one attached hydrogen (secondary N) is 1. The fraction of sp³-hybridized carbons (Fsp3) is 0.143. The Balaban J connectivity index is 2.44. The van der Waals surface area contributed by atoms with Gasteiger partial charge in [0.25, 0.3) is 5.91 Å². The van der Waals surface area contributed by atoms with Gasteiger partial charge in [0, 0.05) is 25.0 Å².